The second-order valence-electron chi connectivity index (χ2n) is 3.67. The summed E-state index contributed by atoms with van der Waals surface area (Å²) in [5.74, 6) is -1.04. The number of amides is 1. The van der Waals surface area contributed by atoms with E-state index in [9.17, 15) is 9.59 Å². The van der Waals surface area contributed by atoms with Gasteiger partial charge >= 0.3 is 5.97 Å². The third-order valence-electron chi connectivity index (χ3n) is 2.34. The molecule has 3 N–H and O–H groups in total. The molecule has 0 radical (unpaired) electrons. The second-order valence-corrected chi connectivity index (χ2v) is 3.67. The Bertz CT molecular complexity index is 415. The van der Waals surface area contributed by atoms with Gasteiger partial charge in [-0.3, -0.25) is 4.79 Å². The van der Waals surface area contributed by atoms with Crippen molar-refractivity contribution in [3.05, 3.63) is 29.8 Å². The van der Waals surface area contributed by atoms with Crippen LogP contribution >= 0.6 is 0 Å². The molecule has 1 unspecified atom stereocenters. The Balaban J connectivity index is 2.55. The summed E-state index contributed by atoms with van der Waals surface area (Å²) in [4.78, 5) is 22.1. The smallest absolute Gasteiger partial charge is 0.328 e. The van der Waals surface area contributed by atoms with E-state index in [1.165, 1.54) is 0 Å². The van der Waals surface area contributed by atoms with E-state index in [1.54, 1.807) is 31.4 Å². The first-order chi connectivity index (χ1) is 8.56. The number of carboxylic acid groups (broad SMARTS) is 1. The van der Waals surface area contributed by atoms with Crippen molar-refractivity contribution in [1.82, 2.24) is 5.32 Å². The van der Waals surface area contributed by atoms with Gasteiger partial charge in [0.2, 0.25) is 5.91 Å². The molecule has 0 fully saturated rings. The van der Waals surface area contributed by atoms with Crippen LogP contribution in [-0.2, 0) is 16.0 Å². The number of nitrogens with one attached hydrogen (secondary N) is 1. The maximum atomic E-state index is 11.5. The van der Waals surface area contributed by atoms with Crippen molar-refractivity contribution in [3.63, 3.8) is 0 Å². The first-order valence-corrected chi connectivity index (χ1v) is 5.32. The fourth-order valence-electron chi connectivity index (χ4n) is 1.36. The number of carbonyl (C=O) groups excluding carboxylic acids is 1. The molecule has 6 heteroatoms. The van der Waals surface area contributed by atoms with Gasteiger partial charge < -0.3 is 20.3 Å². The van der Waals surface area contributed by atoms with Crippen LogP contribution in [0, 0.1) is 0 Å². The van der Waals surface area contributed by atoms with E-state index in [4.69, 9.17) is 14.9 Å². The molecule has 0 aliphatic heterocycles. The number of aliphatic hydroxyl groups is 1. The lowest BCUT2D eigenvalue weighted by Gasteiger charge is -2.11. The molecule has 1 aromatic carbocycles. The molecule has 98 valence electrons. The van der Waals surface area contributed by atoms with Crippen LogP contribution in [0.25, 0.3) is 0 Å². The highest BCUT2D eigenvalue weighted by molar-refractivity contribution is 5.84. The van der Waals surface area contributed by atoms with E-state index in [1.807, 2.05) is 0 Å². The van der Waals surface area contributed by atoms with Crippen molar-refractivity contribution in [2.45, 2.75) is 12.5 Å². The lowest BCUT2D eigenvalue weighted by molar-refractivity contribution is -0.142. The van der Waals surface area contributed by atoms with Gasteiger partial charge in [0.25, 0.3) is 0 Å². The Hall–Kier alpha value is -2.08. The van der Waals surface area contributed by atoms with Gasteiger partial charge in [-0.2, -0.15) is 0 Å². The first kappa shape index (κ1) is 14.0. The van der Waals surface area contributed by atoms with Gasteiger partial charge in [-0.25, -0.2) is 4.79 Å². The molecule has 1 amide bonds. The zero-order chi connectivity index (χ0) is 13.5. The summed E-state index contributed by atoms with van der Waals surface area (Å²) in [6.45, 7) is -0.635. The number of hydrogen-bond acceptors (Lipinski definition) is 4. The summed E-state index contributed by atoms with van der Waals surface area (Å²) in [6.07, 6.45) is 0.0494. The number of hydrogen-bond donors (Lipinski definition) is 3. The predicted molar refractivity (Wildman–Crippen MR) is 63.4 cm³/mol. The Morgan fingerprint density at radius 3 is 2.39 bits per heavy atom. The van der Waals surface area contributed by atoms with Gasteiger partial charge in [-0.05, 0) is 17.7 Å². The van der Waals surface area contributed by atoms with Gasteiger partial charge in [0.15, 0.2) is 0 Å². The number of carboxylic acids is 1. The predicted octanol–water partition coefficient (Wildman–Crippen LogP) is -0.201. The van der Waals surface area contributed by atoms with Crippen LogP contribution in [0.1, 0.15) is 5.56 Å². The summed E-state index contributed by atoms with van der Waals surface area (Å²) < 4.78 is 4.98. The number of carbonyl (C=O) groups is 2. The van der Waals surface area contributed by atoms with Crippen LogP contribution in [0.4, 0.5) is 0 Å². The van der Waals surface area contributed by atoms with Crippen LogP contribution in [0.5, 0.6) is 5.75 Å². The molecule has 0 aliphatic carbocycles. The average molecular weight is 253 g/mol. The number of methoxy groups -OCH3 is 1. The summed E-state index contributed by atoms with van der Waals surface area (Å²) in [7, 11) is 1.54. The third kappa shape index (κ3) is 4.06. The molecule has 1 aromatic rings. The normalized spacial score (nSPS) is 11.7. The highest BCUT2D eigenvalue weighted by Gasteiger charge is 2.18. The molecule has 18 heavy (non-hydrogen) atoms. The highest BCUT2D eigenvalue weighted by Crippen LogP contribution is 2.11. The van der Waals surface area contributed by atoms with Crippen molar-refractivity contribution >= 4 is 11.9 Å². The van der Waals surface area contributed by atoms with E-state index in [2.05, 4.69) is 5.32 Å². The summed E-state index contributed by atoms with van der Waals surface area (Å²) in [6, 6.07) is 5.59. The third-order valence-corrected chi connectivity index (χ3v) is 2.34. The van der Waals surface area contributed by atoms with Gasteiger partial charge in [0.1, 0.15) is 11.8 Å². The number of ether oxygens (including phenoxy) is 1. The van der Waals surface area contributed by atoms with Gasteiger partial charge in [-0.1, -0.05) is 12.1 Å². The molecule has 0 heterocycles. The Kier molecular flexibility index (Phi) is 5.13. The minimum Gasteiger partial charge on any atom is -0.497 e. The van der Waals surface area contributed by atoms with Crippen LogP contribution in [0.3, 0.4) is 0 Å². The monoisotopic (exact) mass is 253 g/mol. The molecule has 6 nitrogen and oxygen atoms in total. The Morgan fingerprint density at radius 1 is 1.33 bits per heavy atom. The summed E-state index contributed by atoms with van der Waals surface area (Å²) >= 11 is 0. The molecular weight excluding hydrogens is 238 g/mol. The first-order valence-electron chi connectivity index (χ1n) is 5.32. The molecule has 0 spiro atoms. The second kappa shape index (κ2) is 6.61. The van der Waals surface area contributed by atoms with E-state index in [0.717, 1.165) is 5.56 Å². The molecule has 1 rings (SSSR count). The number of rotatable bonds is 6. The zero-order valence-corrected chi connectivity index (χ0v) is 9.92. The summed E-state index contributed by atoms with van der Waals surface area (Å²) in [5, 5.41) is 19.7. The van der Waals surface area contributed by atoms with Crippen LogP contribution in [0.15, 0.2) is 24.3 Å². The molecule has 0 saturated heterocycles. The standard InChI is InChI=1S/C12H15NO5/c1-18-9-4-2-8(3-5-9)6-11(15)13-10(7-14)12(16)17/h2-5,10,14H,6-7H2,1H3,(H,13,15)(H,16,17). The van der Waals surface area contributed by atoms with E-state index in [0.29, 0.717) is 5.75 Å². The SMILES string of the molecule is COc1ccc(CC(=O)NC(CO)C(=O)O)cc1. The Labute approximate surface area is 104 Å². The number of aliphatic hydroxyl groups excluding tert-OH is 1. The molecule has 0 saturated carbocycles. The van der Waals surface area contributed by atoms with Crippen molar-refractivity contribution < 1.29 is 24.5 Å². The van der Waals surface area contributed by atoms with Gasteiger partial charge in [-0.15, -0.1) is 0 Å². The minimum atomic E-state index is -1.27. The largest absolute Gasteiger partial charge is 0.497 e. The minimum absolute atomic E-state index is 0.0494. The van der Waals surface area contributed by atoms with Crippen molar-refractivity contribution in [1.29, 1.82) is 0 Å². The summed E-state index contributed by atoms with van der Waals surface area (Å²) in [5.41, 5.74) is 0.732. The number of benzene rings is 1. The molecule has 0 bridgehead atoms. The fourth-order valence-corrected chi connectivity index (χ4v) is 1.36. The maximum Gasteiger partial charge on any atom is 0.328 e. The van der Waals surface area contributed by atoms with E-state index in [-0.39, 0.29) is 6.42 Å². The quantitative estimate of drug-likeness (QED) is 0.652. The topological polar surface area (TPSA) is 95.9 Å². The average Bonchev–Trinajstić information content (AvgIpc) is 2.36. The van der Waals surface area contributed by atoms with E-state index < -0.39 is 24.5 Å². The fraction of sp³-hybridized carbons (Fsp3) is 0.333. The van der Waals surface area contributed by atoms with Crippen molar-refractivity contribution in [2.75, 3.05) is 13.7 Å². The molecule has 1 atom stereocenters. The van der Waals surface area contributed by atoms with Crippen LogP contribution in [-0.4, -0.2) is 41.8 Å². The van der Waals surface area contributed by atoms with E-state index >= 15 is 0 Å². The van der Waals surface area contributed by atoms with Crippen LogP contribution < -0.4 is 10.1 Å². The number of aliphatic carboxylic acids is 1. The molecule has 0 aromatic heterocycles. The van der Waals surface area contributed by atoms with Crippen molar-refractivity contribution in [3.8, 4) is 5.75 Å². The molecular formula is C12H15NO5. The van der Waals surface area contributed by atoms with Gasteiger partial charge in [0.05, 0.1) is 20.1 Å². The lowest BCUT2D eigenvalue weighted by Crippen LogP contribution is -2.43. The highest BCUT2D eigenvalue weighted by atomic mass is 16.5. The van der Waals surface area contributed by atoms with Crippen LogP contribution in [0.2, 0.25) is 0 Å². The Morgan fingerprint density at radius 2 is 1.94 bits per heavy atom. The lowest BCUT2D eigenvalue weighted by atomic mass is 10.1. The molecule has 0 aliphatic rings. The maximum absolute atomic E-state index is 11.5. The zero-order valence-electron chi connectivity index (χ0n) is 9.92. The van der Waals surface area contributed by atoms with Crippen molar-refractivity contribution in [2.24, 2.45) is 0 Å². The van der Waals surface area contributed by atoms with Gasteiger partial charge in [0, 0.05) is 0 Å².